The van der Waals surface area contributed by atoms with Crippen LogP contribution < -0.4 is 5.32 Å². The summed E-state index contributed by atoms with van der Waals surface area (Å²) in [4.78, 5) is 26.2. The van der Waals surface area contributed by atoms with E-state index >= 15 is 0 Å². The number of hydrogen-bond donors (Lipinski definition) is 1. The molecule has 0 amide bonds. The Bertz CT molecular complexity index is 997. The Morgan fingerprint density at radius 2 is 1.93 bits per heavy atom. The maximum atomic E-state index is 13.1. The van der Waals surface area contributed by atoms with Gasteiger partial charge in [0.15, 0.2) is 5.78 Å². The molecule has 2 aromatic rings. The second-order valence-corrected chi connectivity index (χ2v) is 8.51. The Morgan fingerprint density at radius 1 is 1.17 bits per heavy atom. The third kappa shape index (κ3) is 3.77. The van der Waals surface area contributed by atoms with Gasteiger partial charge in [-0.2, -0.15) is 0 Å². The Morgan fingerprint density at radius 3 is 2.62 bits per heavy atom. The van der Waals surface area contributed by atoms with Crippen molar-refractivity contribution in [3.63, 3.8) is 0 Å². The van der Waals surface area contributed by atoms with E-state index in [2.05, 4.69) is 19.2 Å². The molecule has 2 aliphatic rings. The first kappa shape index (κ1) is 19.2. The molecule has 1 aliphatic heterocycles. The average Bonchev–Trinajstić information content (AvgIpc) is 3.19. The fraction of sp³-hybridized carbons (Fsp3) is 0.333. The van der Waals surface area contributed by atoms with Crippen LogP contribution in [0.15, 0.2) is 75.7 Å². The maximum Gasteiger partial charge on any atom is 0.337 e. The third-order valence-corrected chi connectivity index (χ3v) is 5.50. The lowest BCUT2D eigenvalue weighted by molar-refractivity contribution is -0.140. The molecular weight excluding hydrogens is 366 g/mol. The van der Waals surface area contributed by atoms with Crippen molar-refractivity contribution in [2.75, 3.05) is 0 Å². The lowest BCUT2D eigenvalue weighted by Crippen LogP contribution is -2.38. The van der Waals surface area contributed by atoms with Gasteiger partial charge in [0.25, 0.3) is 0 Å². The monoisotopic (exact) mass is 391 g/mol. The number of furan rings is 1. The zero-order valence-corrected chi connectivity index (χ0v) is 17.0. The highest BCUT2D eigenvalue weighted by atomic mass is 16.5. The molecule has 5 nitrogen and oxygen atoms in total. The van der Waals surface area contributed by atoms with E-state index < -0.39 is 11.9 Å². The molecule has 1 aliphatic carbocycles. The molecule has 1 aromatic heterocycles. The molecular formula is C24H25NO4. The number of Topliss-reactive ketones (excluding diaryl/α,β-unsaturated/α-hetero) is 1. The van der Waals surface area contributed by atoms with E-state index in [0.717, 1.165) is 17.7 Å². The number of esters is 1. The summed E-state index contributed by atoms with van der Waals surface area (Å²) in [6.07, 6.45) is 2.75. The summed E-state index contributed by atoms with van der Waals surface area (Å²) < 4.78 is 11.3. The SMILES string of the molecule is CC1=C(C(=O)OCc2ccccc2)[C@@H](c2ccco2)C2=C(CC(C)(C)CC2=O)N1. The number of ether oxygens (including phenoxy) is 1. The van der Waals surface area contributed by atoms with E-state index in [1.54, 1.807) is 12.3 Å². The number of carbonyl (C=O) groups is 2. The van der Waals surface area contributed by atoms with Crippen LogP contribution in [0, 0.1) is 5.41 Å². The van der Waals surface area contributed by atoms with E-state index in [0.29, 0.717) is 29.0 Å². The van der Waals surface area contributed by atoms with Crippen LogP contribution in [0.25, 0.3) is 0 Å². The van der Waals surface area contributed by atoms with Gasteiger partial charge in [0.05, 0.1) is 17.8 Å². The van der Waals surface area contributed by atoms with Crippen LogP contribution in [0.1, 0.15) is 50.9 Å². The predicted octanol–water partition coefficient (Wildman–Crippen LogP) is 4.63. The number of benzene rings is 1. The summed E-state index contributed by atoms with van der Waals surface area (Å²) >= 11 is 0. The highest BCUT2D eigenvalue weighted by Gasteiger charge is 2.44. The smallest absolute Gasteiger partial charge is 0.337 e. The Hall–Kier alpha value is -3.08. The minimum atomic E-state index is -0.548. The summed E-state index contributed by atoms with van der Waals surface area (Å²) in [5.74, 6) is -0.360. The van der Waals surface area contributed by atoms with Crippen LogP contribution >= 0.6 is 0 Å². The number of nitrogens with one attached hydrogen (secondary N) is 1. The van der Waals surface area contributed by atoms with Gasteiger partial charge in [-0.05, 0) is 36.5 Å². The summed E-state index contributed by atoms with van der Waals surface area (Å²) in [6.45, 7) is 6.20. The predicted molar refractivity (Wildman–Crippen MR) is 109 cm³/mol. The quantitative estimate of drug-likeness (QED) is 0.770. The van der Waals surface area contributed by atoms with E-state index in [1.165, 1.54) is 0 Å². The molecule has 0 saturated heterocycles. The van der Waals surface area contributed by atoms with E-state index in [4.69, 9.17) is 9.15 Å². The molecule has 0 fully saturated rings. The van der Waals surface area contributed by atoms with Crippen molar-refractivity contribution in [3.8, 4) is 0 Å². The van der Waals surface area contributed by atoms with E-state index in [9.17, 15) is 9.59 Å². The number of allylic oxidation sites excluding steroid dienone is 3. The second kappa shape index (κ2) is 7.39. The van der Waals surface area contributed by atoms with Crippen molar-refractivity contribution in [3.05, 3.63) is 82.6 Å². The first-order valence-electron chi connectivity index (χ1n) is 9.84. The molecule has 0 bridgehead atoms. The molecule has 29 heavy (non-hydrogen) atoms. The second-order valence-electron chi connectivity index (χ2n) is 8.51. The first-order chi connectivity index (χ1) is 13.9. The topological polar surface area (TPSA) is 68.5 Å². The number of rotatable bonds is 4. The summed E-state index contributed by atoms with van der Waals surface area (Å²) in [5, 5.41) is 3.32. The molecule has 1 N–H and O–H groups in total. The van der Waals surface area contributed by atoms with Gasteiger partial charge in [-0.15, -0.1) is 0 Å². The molecule has 0 radical (unpaired) electrons. The highest BCUT2D eigenvalue weighted by Crippen LogP contribution is 2.46. The largest absolute Gasteiger partial charge is 0.468 e. The zero-order valence-electron chi connectivity index (χ0n) is 17.0. The van der Waals surface area contributed by atoms with Crippen molar-refractivity contribution in [1.82, 2.24) is 5.32 Å². The van der Waals surface area contributed by atoms with E-state index in [1.807, 2.05) is 43.3 Å². The summed E-state index contributed by atoms with van der Waals surface area (Å²) in [6, 6.07) is 13.1. The van der Waals surface area contributed by atoms with Gasteiger partial charge in [-0.3, -0.25) is 4.79 Å². The molecule has 4 rings (SSSR count). The first-order valence-corrected chi connectivity index (χ1v) is 9.84. The van der Waals surface area contributed by atoms with Gasteiger partial charge in [0.1, 0.15) is 12.4 Å². The van der Waals surface area contributed by atoms with Gasteiger partial charge in [-0.25, -0.2) is 4.79 Å². The Kier molecular flexibility index (Phi) is 4.91. The highest BCUT2D eigenvalue weighted by molar-refractivity contribution is 6.04. The van der Waals surface area contributed by atoms with Gasteiger partial charge in [-0.1, -0.05) is 44.2 Å². The fourth-order valence-corrected chi connectivity index (χ4v) is 4.25. The minimum absolute atomic E-state index is 0.0472. The number of hydrogen-bond acceptors (Lipinski definition) is 5. The van der Waals surface area contributed by atoms with Gasteiger partial charge in [0.2, 0.25) is 0 Å². The van der Waals surface area contributed by atoms with Crippen molar-refractivity contribution in [1.29, 1.82) is 0 Å². The van der Waals surface area contributed by atoms with Crippen molar-refractivity contribution in [2.45, 2.75) is 46.1 Å². The van der Waals surface area contributed by atoms with Gasteiger partial charge in [0, 0.05) is 23.4 Å². The van der Waals surface area contributed by atoms with Crippen LogP contribution in [-0.4, -0.2) is 11.8 Å². The fourth-order valence-electron chi connectivity index (χ4n) is 4.25. The van der Waals surface area contributed by atoms with Crippen molar-refractivity contribution in [2.24, 2.45) is 5.41 Å². The van der Waals surface area contributed by atoms with Crippen molar-refractivity contribution >= 4 is 11.8 Å². The van der Waals surface area contributed by atoms with E-state index in [-0.39, 0.29) is 17.8 Å². The Labute approximate surface area is 170 Å². The zero-order chi connectivity index (χ0) is 20.6. The van der Waals surface area contributed by atoms with Crippen LogP contribution in [0.5, 0.6) is 0 Å². The molecule has 150 valence electrons. The molecule has 0 unspecified atom stereocenters. The number of dihydropyridines is 1. The lowest BCUT2D eigenvalue weighted by Gasteiger charge is -2.38. The number of ketones is 1. The van der Waals surface area contributed by atoms with Crippen LogP contribution in [-0.2, 0) is 20.9 Å². The molecule has 1 atom stereocenters. The van der Waals surface area contributed by atoms with Crippen LogP contribution in [0.2, 0.25) is 0 Å². The maximum absolute atomic E-state index is 13.1. The van der Waals surface area contributed by atoms with Crippen LogP contribution in [0.3, 0.4) is 0 Å². The third-order valence-electron chi connectivity index (χ3n) is 5.50. The Balaban J connectivity index is 1.69. The molecule has 5 heteroatoms. The average molecular weight is 391 g/mol. The van der Waals surface area contributed by atoms with Crippen LogP contribution in [0.4, 0.5) is 0 Å². The molecule has 1 aromatic carbocycles. The normalized spacial score (nSPS) is 20.9. The molecule has 0 spiro atoms. The number of carbonyl (C=O) groups excluding carboxylic acids is 2. The van der Waals surface area contributed by atoms with Gasteiger partial charge < -0.3 is 14.5 Å². The molecule has 0 saturated carbocycles. The summed E-state index contributed by atoms with van der Waals surface area (Å²) in [5.41, 5.74) is 3.42. The lowest BCUT2D eigenvalue weighted by atomic mass is 9.69. The minimum Gasteiger partial charge on any atom is -0.468 e. The van der Waals surface area contributed by atoms with Gasteiger partial charge >= 0.3 is 5.97 Å². The summed E-state index contributed by atoms with van der Waals surface area (Å²) in [7, 11) is 0. The molecule has 2 heterocycles. The van der Waals surface area contributed by atoms with Crippen molar-refractivity contribution < 1.29 is 18.7 Å². The standard InChI is InChI=1S/C24H25NO4/c1-15-20(23(27)29-14-16-8-5-4-6-9-16)22(19-10-7-11-28-19)21-17(25-15)12-24(2,3)13-18(21)26/h4-11,22,25H,12-14H2,1-3H3/t22-/m1/s1.